The highest BCUT2D eigenvalue weighted by Gasteiger charge is 2.47. The number of ether oxygens (including phenoxy) is 1. The van der Waals surface area contributed by atoms with Gasteiger partial charge in [0, 0.05) is 12.0 Å². The molecule has 0 spiro atoms. The molecule has 1 aromatic rings. The van der Waals surface area contributed by atoms with Gasteiger partial charge in [0.05, 0.1) is 6.61 Å². The number of carbonyl (C=O) groups is 2. The highest BCUT2D eigenvalue weighted by molar-refractivity contribution is 6.83. The maximum atomic E-state index is 13.0. The third kappa shape index (κ3) is 4.71. The molecule has 6 heteroatoms. The maximum absolute atomic E-state index is 13.0. The van der Waals surface area contributed by atoms with Crippen LogP contribution in [0.2, 0.25) is 19.6 Å². The third-order valence-electron chi connectivity index (χ3n) is 3.88. The lowest BCUT2D eigenvalue weighted by Crippen LogP contribution is -2.50. The Labute approximate surface area is 150 Å². The lowest BCUT2D eigenvalue weighted by atomic mass is 9.95. The number of carbonyl (C=O) groups excluding carboxylic acids is 2. The van der Waals surface area contributed by atoms with E-state index in [1.165, 1.54) is 5.01 Å². The zero-order valence-electron chi connectivity index (χ0n) is 15.6. The zero-order chi connectivity index (χ0) is 18.7. The van der Waals surface area contributed by atoms with Crippen LogP contribution in [0.1, 0.15) is 30.6 Å². The van der Waals surface area contributed by atoms with Crippen LogP contribution in [0.15, 0.2) is 30.3 Å². The average Bonchev–Trinajstić information content (AvgIpc) is 2.91. The van der Waals surface area contributed by atoms with E-state index in [1.807, 2.05) is 25.1 Å². The molecule has 1 saturated heterocycles. The molecule has 1 aliphatic heterocycles. The number of hydrogen-bond donors (Lipinski definition) is 1. The first-order valence-corrected chi connectivity index (χ1v) is 12.0. The smallest absolute Gasteiger partial charge is 0.325 e. The fourth-order valence-electron chi connectivity index (χ4n) is 2.63. The maximum Gasteiger partial charge on any atom is 0.325 e. The highest BCUT2D eigenvalue weighted by Crippen LogP contribution is 2.29. The van der Waals surface area contributed by atoms with Crippen molar-refractivity contribution in [2.75, 3.05) is 6.61 Å². The van der Waals surface area contributed by atoms with Crippen LogP contribution < -0.4 is 5.43 Å². The Morgan fingerprint density at radius 1 is 1.32 bits per heavy atom. The van der Waals surface area contributed by atoms with Crippen LogP contribution in [0.3, 0.4) is 0 Å². The third-order valence-corrected chi connectivity index (χ3v) is 4.76. The van der Waals surface area contributed by atoms with E-state index in [-0.39, 0.29) is 11.9 Å². The second-order valence-corrected chi connectivity index (χ2v) is 12.2. The van der Waals surface area contributed by atoms with E-state index in [4.69, 9.17) is 4.74 Å². The molecular weight excluding hydrogens is 332 g/mol. The van der Waals surface area contributed by atoms with Gasteiger partial charge in [-0.05, 0) is 26.0 Å². The number of amides is 1. The van der Waals surface area contributed by atoms with Crippen molar-refractivity contribution in [3.8, 4) is 11.5 Å². The minimum absolute atomic E-state index is 0.195. The normalized spacial score (nSPS) is 22.9. The van der Waals surface area contributed by atoms with Gasteiger partial charge in [-0.2, -0.15) is 0 Å². The Morgan fingerprint density at radius 3 is 2.52 bits per heavy atom. The van der Waals surface area contributed by atoms with Crippen LogP contribution in [0.4, 0.5) is 0 Å². The molecule has 1 heterocycles. The van der Waals surface area contributed by atoms with Gasteiger partial charge in [-0.3, -0.25) is 14.6 Å². The monoisotopic (exact) mass is 358 g/mol. The van der Waals surface area contributed by atoms with E-state index >= 15 is 0 Å². The zero-order valence-corrected chi connectivity index (χ0v) is 16.6. The van der Waals surface area contributed by atoms with Crippen LogP contribution in [-0.4, -0.2) is 43.1 Å². The van der Waals surface area contributed by atoms with Gasteiger partial charge >= 0.3 is 5.97 Å². The number of rotatable bonds is 3. The van der Waals surface area contributed by atoms with Crippen LogP contribution in [0, 0.1) is 11.5 Å². The van der Waals surface area contributed by atoms with Crippen LogP contribution in [0.5, 0.6) is 0 Å². The summed E-state index contributed by atoms with van der Waals surface area (Å²) in [6.45, 7) is 10.4. The SMILES string of the molecule is CCOC(=O)[C@@H]1C[C@@](C)(C#C[Si](C)(C)C)N(C(=O)c2ccccc2)N1. The Kier molecular flexibility index (Phi) is 5.71. The minimum atomic E-state index is -1.62. The van der Waals surface area contributed by atoms with E-state index < -0.39 is 19.7 Å². The first kappa shape index (κ1) is 19.2. The Hall–Kier alpha value is -2.10. The average molecular weight is 359 g/mol. The Morgan fingerprint density at radius 2 is 1.96 bits per heavy atom. The van der Waals surface area contributed by atoms with Crippen molar-refractivity contribution >= 4 is 20.0 Å². The van der Waals surface area contributed by atoms with Gasteiger partial charge in [0.2, 0.25) is 0 Å². The predicted octanol–water partition coefficient (Wildman–Crippen LogP) is 2.61. The number of hydrogen-bond acceptors (Lipinski definition) is 4. The molecule has 0 bridgehead atoms. The molecule has 0 aromatic heterocycles. The van der Waals surface area contributed by atoms with E-state index in [1.54, 1.807) is 19.1 Å². The van der Waals surface area contributed by atoms with Gasteiger partial charge in [0.1, 0.15) is 19.7 Å². The molecule has 0 radical (unpaired) electrons. The molecule has 1 aliphatic rings. The number of nitrogens with one attached hydrogen (secondary N) is 1. The Bertz CT molecular complexity index is 703. The van der Waals surface area contributed by atoms with E-state index in [0.29, 0.717) is 18.6 Å². The molecule has 0 aliphatic carbocycles. The summed E-state index contributed by atoms with van der Waals surface area (Å²) < 4.78 is 5.12. The lowest BCUT2D eigenvalue weighted by molar-refractivity contribution is -0.145. The lowest BCUT2D eigenvalue weighted by Gasteiger charge is -2.30. The number of hydrazine groups is 1. The minimum Gasteiger partial charge on any atom is -0.465 e. The first-order valence-electron chi connectivity index (χ1n) is 8.53. The van der Waals surface area contributed by atoms with Crippen molar-refractivity contribution in [3.05, 3.63) is 35.9 Å². The van der Waals surface area contributed by atoms with E-state index in [0.717, 1.165) is 0 Å². The van der Waals surface area contributed by atoms with Crippen molar-refractivity contribution in [1.29, 1.82) is 0 Å². The topological polar surface area (TPSA) is 58.6 Å². The van der Waals surface area contributed by atoms with Crippen molar-refractivity contribution in [1.82, 2.24) is 10.4 Å². The molecular formula is C19H26N2O3Si. The molecule has 0 saturated carbocycles. The molecule has 134 valence electrons. The fourth-order valence-corrected chi connectivity index (χ4v) is 3.28. The van der Waals surface area contributed by atoms with Crippen molar-refractivity contribution < 1.29 is 14.3 Å². The van der Waals surface area contributed by atoms with Crippen LogP contribution in [0.25, 0.3) is 0 Å². The van der Waals surface area contributed by atoms with E-state index in [9.17, 15) is 9.59 Å². The molecule has 1 fully saturated rings. The molecule has 1 N–H and O–H groups in total. The van der Waals surface area contributed by atoms with Crippen LogP contribution in [-0.2, 0) is 9.53 Å². The molecule has 1 amide bonds. The van der Waals surface area contributed by atoms with Gasteiger partial charge in [-0.15, -0.1) is 5.54 Å². The summed E-state index contributed by atoms with van der Waals surface area (Å²) in [6, 6.07) is 8.43. The van der Waals surface area contributed by atoms with Gasteiger partial charge in [0.25, 0.3) is 5.91 Å². The molecule has 25 heavy (non-hydrogen) atoms. The summed E-state index contributed by atoms with van der Waals surface area (Å²) in [5.74, 6) is 2.72. The van der Waals surface area contributed by atoms with Crippen molar-refractivity contribution in [2.45, 2.75) is 51.5 Å². The first-order chi connectivity index (χ1) is 11.7. The number of nitrogens with zero attached hydrogens (tertiary/aromatic N) is 1. The number of benzene rings is 1. The van der Waals surface area contributed by atoms with Crippen molar-refractivity contribution in [2.24, 2.45) is 0 Å². The van der Waals surface area contributed by atoms with Crippen molar-refractivity contribution in [3.63, 3.8) is 0 Å². The highest BCUT2D eigenvalue weighted by atomic mass is 28.3. The fraction of sp³-hybridized carbons (Fsp3) is 0.474. The predicted molar refractivity (Wildman–Crippen MR) is 100 cm³/mol. The summed E-state index contributed by atoms with van der Waals surface area (Å²) in [6.07, 6.45) is 0.405. The molecule has 5 nitrogen and oxygen atoms in total. The summed E-state index contributed by atoms with van der Waals surface area (Å²) in [5, 5.41) is 1.50. The molecule has 1 aromatic carbocycles. The second kappa shape index (κ2) is 7.42. The second-order valence-electron chi connectivity index (χ2n) is 7.42. The van der Waals surface area contributed by atoms with Gasteiger partial charge in [-0.1, -0.05) is 43.8 Å². The summed E-state index contributed by atoms with van der Waals surface area (Å²) in [4.78, 5) is 25.1. The summed E-state index contributed by atoms with van der Waals surface area (Å²) in [5.41, 5.74) is 6.15. The molecule has 0 unspecified atom stereocenters. The molecule has 2 atom stereocenters. The van der Waals surface area contributed by atoms with Crippen LogP contribution >= 0.6 is 0 Å². The number of esters is 1. The molecule has 2 rings (SSSR count). The van der Waals surface area contributed by atoms with Gasteiger partial charge < -0.3 is 4.74 Å². The quantitative estimate of drug-likeness (QED) is 0.513. The Balaban J connectivity index is 2.36. The van der Waals surface area contributed by atoms with Gasteiger partial charge in [-0.25, -0.2) is 5.43 Å². The standard InChI is InChI=1S/C19H26N2O3Si/c1-6-24-18(23)16-14-19(2,12-13-25(3,4)5)21(20-16)17(22)15-10-8-7-9-11-15/h7-11,16,20H,6,14H2,1-5H3/t16-,19+/m0/s1. The summed E-state index contributed by atoms with van der Waals surface area (Å²) in [7, 11) is -1.62. The largest absolute Gasteiger partial charge is 0.465 e. The van der Waals surface area contributed by atoms with Gasteiger partial charge in [0.15, 0.2) is 0 Å². The summed E-state index contributed by atoms with van der Waals surface area (Å²) >= 11 is 0. The van der Waals surface area contributed by atoms with E-state index in [2.05, 4.69) is 36.5 Å².